The third-order valence-corrected chi connectivity index (χ3v) is 3.23. The van der Waals surface area contributed by atoms with Crippen LogP contribution in [0.25, 0.3) is 0 Å². The van der Waals surface area contributed by atoms with Crippen molar-refractivity contribution in [1.29, 1.82) is 0 Å². The first-order valence-corrected chi connectivity index (χ1v) is 5.51. The van der Waals surface area contributed by atoms with Crippen LogP contribution in [0.2, 0.25) is 5.02 Å². The van der Waals surface area contributed by atoms with Crippen LogP contribution in [0.1, 0.15) is 20.8 Å². The summed E-state index contributed by atoms with van der Waals surface area (Å²) >= 11 is 5.94. The third kappa shape index (κ3) is 2.58. The Morgan fingerprint density at radius 3 is 2.59 bits per heavy atom. The molecule has 1 amide bonds. The summed E-state index contributed by atoms with van der Waals surface area (Å²) in [4.78, 5) is 19.2. The number of rotatable bonds is 4. The quantitative estimate of drug-likeness (QED) is 0.747. The summed E-state index contributed by atoms with van der Waals surface area (Å²) < 4.78 is 0. The Morgan fingerprint density at radius 2 is 2.12 bits per heavy atom. The summed E-state index contributed by atoms with van der Waals surface area (Å²) in [6, 6.07) is 0. The molecule has 1 rings (SSSR count). The molecular weight excluding hydrogens is 242 g/mol. The van der Waals surface area contributed by atoms with E-state index < -0.39 is 11.4 Å². The molecule has 1 atom stereocenters. The zero-order valence-corrected chi connectivity index (χ0v) is 10.7. The lowest BCUT2D eigenvalue weighted by Crippen LogP contribution is -2.52. The molecule has 0 fully saturated rings. The normalized spacial score (nSPS) is 14.4. The fraction of sp³-hybridized carbons (Fsp3) is 0.500. The van der Waals surface area contributed by atoms with Gasteiger partial charge in [0.1, 0.15) is 22.7 Å². The van der Waals surface area contributed by atoms with Crippen LogP contribution in [0.15, 0.2) is 6.33 Å². The van der Waals surface area contributed by atoms with Crippen LogP contribution in [0, 0.1) is 5.92 Å². The van der Waals surface area contributed by atoms with Crippen molar-refractivity contribution in [2.75, 3.05) is 11.1 Å². The minimum atomic E-state index is -0.954. The number of halogens is 1. The van der Waals surface area contributed by atoms with Crippen LogP contribution >= 0.6 is 11.6 Å². The van der Waals surface area contributed by atoms with E-state index in [9.17, 15) is 4.79 Å². The highest BCUT2D eigenvalue weighted by atomic mass is 35.5. The van der Waals surface area contributed by atoms with Crippen LogP contribution in [-0.2, 0) is 4.79 Å². The van der Waals surface area contributed by atoms with Gasteiger partial charge in [0.05, 0.1) is 0 Å². The molecule has 0 radical (unpaired) electrons. The van der Waals surface area contributed by atoms with Gasteiger partial charge in [-0.15, -0.1) is 0 Å². The average Bonchev–Trinajstić information content (AvgIpc) is 2.24. The second kappa shape index (κ2) is 4.75. The van der Waals surface area contributed by atoms with E-state index in [0.717, 1.165) is 0 Å². The molecule has 6 nitrogen and oxygen atoms in total. The smallest absolute Gasteiger partial charge is 0.243 e. The van der Waals surface area contributed by atoms with Crippen molar-refractivity contribution >= 4 is 29.1 Å². The minimum absolute atomic E-state index is 0.0349. The molecule has 0 aliphatic heterocycles. The Morgan fingerprint density at radius 1 is 1.53 bits per heavy atom. The summed E-state index contributed by atoms with van der Waals surface area (Å²) in [6.07, 6.45) is 1.27. The SMILES string of the molecule is CC(C)C(C)(Nc1ncnc(N)c1Cl)C(N)=O. The summed E-state index contributed by atoms with van der Waals surface area (Å²) in [6.45, 7) is 5.43. The number of hydrogen-bond donors (Lipinski definition) is 3. The number of primary amides is 1. The van der Waals surface area contributed by atoms with Crippen LogP contribution in [0.4, 0.5) is 11.6 Å². The van der Waals surface area contributed by atoms with E-state index >= 15 is 0 Å². The molecule has 0 bridgehead atoms. The fourth-order valence-electron chi connectivity index (χ4n) is 1.21. The zero-order valence-electron chi connectivity index (χ0n) is 9.99. The fourth-order valence-corrected chi connectivity index (χ4v) is 1.35. The Bertz CT molecular complexity index is 437. The summed E-state index contributed by atoms with van der Waals surface area (Å²) in [5.74, 6) is -0.0677. The van der Waals surface area contributed by atoms with Gasteiger partial charge >= 0.3 is 0 Å². The maximum Gasteiger partial charge on any atom is 0.243 e. The molecule has 0 aromatic carbocycles. The molecule has 1 aromatic rings. The number of nitrogens with one attached hydrogen (secondary N) is 1. The molecule has 7 heteroatoms. The van der Waals surface area contributed by atoms with Crippen LogP contribution in [0.5, 0.6) is 0 Å². The highest BCUT2D eigenvalue weighted by molar-refractivity contribution is 6.35. The van der Waals surface area contributed by atoms with E-state index in [2.05, 4.69) is 15.3 Å². The van der Waals surface area contributed by atoms with Crippen LogP contribution in [0.3, 0.4) is 0 Å². The second-order valence-electron chi connectivity index (χ2n) is 4.27. The molecule has 0 spiro atoms. The molecular formula is C10H16ClN5O. The molecule has 1 heterocycles. The van der Waals surface area contributed by atoms with Gasteiger partial charge in [0.2, 0.25) is 5.91 Å². The van der Waals surface area contributed by atoms with E-state index in [1.807, 2.05) is 13.8 Å². The number of nitrogens with two attached hydrogens (primary N) is 2. The van der Waals surface area contributed by atoms with E-state index in [1.165, 1.54) is 6.33 Å². The van der Waals surface area contributed by atoms with Gasteiger partial charge in [-0.25, -0.2) is 9.97 Å². The number of carbonyl (C=O) groups excluding carboxylic acids is 1. The maximum atomic E-state index is 11.5. The zero-order chi connectivity index (χ0) is 13.2. The van der Waals surface area contributed by atoms with Crippen molar-refractivity contribution in [2.45, 2.75) is 26.3 Å². The predicted octanol–water partition coefficient (Wildman–Crippen LogP) is 1.02. The Hall–Kier alpha value is -1.56. The summed E-state index contributed by atoms with van der Waals surface area (Å²) in [5, 5.41) is 3.11. The lowest BCUT2D eigenvalue weighted by molar-refractivity contribution is -0.123. The van der Waals surface area contributed by atoms with Gasteiger partial charge < -0.3 is 16.8 Å². The Kier molecular flexibility index (Phi) is 3.77. The van der Waals surface area contributed by atoms with Crippen molar-refractivity contribution in [3.05, 3.63) is 11.3 Å². The van der Waals surface area contributed by atoms with Gasteiger partial charge in [-0.05, 0) is 12.8 Å². The predicted molar refractivity (Wildman–Crippen MR) is 67.5 cm³/mol. The number of nitrogen functional groups attached to an aromatic ring is 1. The van der Waals surface area contributed by atoms with Crippen molar-refractivity contribution in [1.82, 2.24) is 9.97 Å². The van der Waals surface area contributed by atoms with Gasteiger partial charge in [-0.2, -0.15) is 0 Å². The first-order valence-electron chi connectivity index (χ1n) is 5.13. The monoisotopic (exact) mass is 257 g/mol. The topological polar surface area (TPSA) is 107 Å². The number of hydrogen-bond acceptors (Lipinski definition) is 5. The van der Waals surface area contributed by atoms with Crippen molar-refractivity contribution in [3.8, 4) is 0 Å². The van der Waals surface area contributed by atoms with E-state index in [4.69, 9.17) is 23.1 Å². The summed E-state index contributed by atoms with van der Waals surface area (Å²) in [5.41, 5.74) is 9.99. The van der Waals surface area contributed by atoms with E-state index in [0.29, 0.717) is 5.82 Å². The molecule has 0 aliphatic rings. The number of carbonyl (C=O) groups is 1. The van der Waals surface area contributed by atoms with Crippen LogP contribution in [-0.4, -0.2) is 21.4 Å². The largest absolute Gasteiger partial charge is 0.382 e. The molecule has 1 aromatic heterocycles. The van der Waals surface area contributed by atoms with E-state index in [-0.39, 0.29) is 16.8 Å². The van der Waals surface area contributed by atoms with Crippen molar-refractivity contribution in [2.24, 2.45) is 11.7 Å². The summed E-state index contributed by atoms with van der Waals surface area (Å²) in [7, 11) is 0. The molecule has 0 aliphatic carbocycles. The number of anilines is 2. The van der Waals surface area contributed by atoms with Gasteiger partial charge in [0.15, 0.2) is 5.82 Å². The molecule has 0 saturated carbocycles. The Labute approximate surface area is 105 Å². The van der Waals surface area contributed by atoms with Crippen molar-refractivity contribution < 1.29 is 4.79 Å². The second-order valence-corrected chi connectivity index (χ2v) is 4.65. The lowest BCUT2D eigenvalue weighted by atomic mass is 9.87. The Balaban J connectivity index is 3.11. The number of nitrogens with zero attached hydrogens (tertiary/aromatic N) is 2. The molecule has 17 heavy (non-hydrogen) atoms. The number of aromatic nitrogens is 2. The van der Waals surface area contributed by atoms with E-state index in [1.54, 1.807) is 6.92 Å². The van der Waals surface area contributed by atoms with Crippen LogP contribution < -0.4 is 16.8 Å². The minimum Gasteiger partial charge on any atom is -0.382 e. The van der Waals surface area contributed by atoms with Gasteiger partial charge in [0, 0.05) is 0 Å². The highest BCUT2D eigenvalue weighted by Gasteiger charge is 2.35. The lowest BCUT2D eigenvalue weighted by Gasteiger charge is -2.32. The maximum absolute atomic E-state index is 11.5. The molecule has 5 N–H and O–H groups in total. The standard InChI is InChI=1S/C10H16ClN5O/c1-5(2)10(3,9(13)17)16-8-6(11)7(12)14-4-15-8/h4-5H,1-3H3,(H2,13,17)(H3,12,14,15,16). The first-order chi connectivity index (χ1) is 7.79. The van der Waals surface area contributed by atoms with Gasteiger partial charge in [-0.1, -0.05) is 25.4 Å². The van der Waals surface area contributed by atoms with Gasteiger partial charge in [-0.3, -0.25) is 4.79 Å². The average molecular weight is 258 g/mol. The molecule has 1 unspecified atom stereocenters. The molecule has 94 valence electrons. The third-order valence-electron chi connectivity index (χ3n) is 2.86. The highest BCUT2D eigenvalue weighted by Crippen LogP contribution is 2.28. The number of amides is 1. The van der Waals surface area contributed by atoms with Crippen molar-refractivity contribution in [3.63, 3.8) is 0 Å². The van der Waals surface area contributed by atoms with Gasteiger partial charge in [0.25, 0.3) is 0 Å². The first kappa shape index (κ1) is 13.5. The molecule has 0 saturated heterocycles.